The van der Waals surface area contributed by atoms with Gasteiger partial charge in [-0.05, 0) is 30.3 Å². The van der Waals surface area contributed by atoms with Gasteiger partial charge in [0.05, 0.1) is 22.6 Å². The van der Waals surface area contributed by atoms with Crippen LogP contribution in [-0.2, 0) is 9.59 Å². The first kappa shape index (κ1) is 19.5. The van der Waals surface area contributed by atoms with Crippen molar-refractivity contribution in [3.05, 3.63) is 84.0 Å². The number of carbonyl (C=O) groups is 2. The lowest BCUT2D eigenvalue weighted by atomic mass is 10.2. The van der Waals surface area contributed by atoms with Crippen molar-refractivity contribution in [3.8, 4) is 0 Å². The van der Waals surface area contributed by atoms with E-state index >= 15 is 0 Å². The number of hydrogen-bond acceptors (Lipinski definition) is 5. The monoisotopic (exact) mass is 414 g/mol. The van der Waals surface area contributed by atoms with Crippen molar-refractivity contribution >= 4 is 56.6 Å². The number of pyridine rings is 1. The van der Waals surface area contributed by atoms with Gasteiger partial charge in [0, 0.05) is 30.0 Å². The largest absolute Gasteiger partial charge is 0.321 e. The van der Waals surface area contributed by atoms with Crippen molar-refractivity contribution in [3.63, 3.8) is 0 Å². The fraction of sp³-hybridized carbons (Fsp3) is 0.0435. The number of rotatable bonds is 5. The number of amides is 2. The lowest BCUT2D eigenvalue weighted by Crippen LogP contribution is -2.22. The average Bonchev–Trinajstić information content (AvgIpc) is 3.21. The summed E-state index contributed by atoms with van der Waals surface area (Å²) in [5.74, 6) is -0.415. The Kier molecular flexibility index (Phi) is 5.63. The summed E-state index contributed by atoms with van der Waals surface area (Å²) >= 11 is 1.34. The van der Waals surface area contributed by atoms with Gasteiger partial charge >= 0.3 is 0 Å². The molecule has 0 bridgehead atoms. The van der Waals surface area contributed by atoms with E-state index in [2.05, 4.69) is 15.3 Å². The van der Waals surface area contributed by atoms with Crippen LogP contribution >= 0.6 is 11.3 Å². The number of anilines is 3. The Morgan fingerprint density at radius 2 is 1.83 bits per heavy atom. The molecule has 7 heteroatoms. The van der Waals surface area contributed by atoms with E-state index < -0.39 is 0 Å². The Bertz CT molecular complexity index is 1230. The molecule has 4 rings (SSSR count). The molecular weight excluding hydrogens is 396 g/mol. The van der Waals surface area contributed by atoms with Crippen LogP contribution in [0.3, 0.4) is 0 Å². The molecule has 0 unspecified atom stereocenters. The van der Waals surface area contributed by atoms with E-state index in [-0.39, 0.29) is 11.8 Å². The van der Waals surface area contributed by atoms with Crippen LogP contribution in [0.4, 0.5) is 16.5 Å². The lowest BCUT2D eigenvalue weighted by Gasteiger charge is -2.17. The Labute approximate surface area is 177 Å². The Morgan fingerprint density at radius 1 is 1.03 bits per heavy atom. The summed E-state index contributed by atoms with van der Waals surface area (Å²) in [5, 5.41) is 6.16. The number of carbonyl (C=O) groups excluding carboxylic acids is 2. The molecule has 0 fully saturated rings. The van der Waals surface area contributed by atoms with Crippen LogP contribution in [0, 0.1) is 0 Å². The summed E-state index contributed by atoms with van der Waals surface area (Å²) in [6.45, 7) is 1.50. The van der Waals surface area contributed by atoms with E-state index in [0.29, 0.717) is 16.5 Å². The summed E-state index contributed by atoms with van der Waals surface area (Å²) in [6.07, 6.45) is 4.73. The highest BCUT2D eigenvalue weighted by Gasteiger charge is 2.17. The maximum atomic E-state index is 12.4. The third-order valence-corrected chi connectivity index (χ3v) is 5.17. The molecule has 2 amide bonds. The minimum absolute atomic E-state index is 0.132. The van der Waals surface area contributed by atoms with Gasteiger partial charge < -0.3 is 5.32 Å². The maximum Gasteiger partial charge on any atom is 0.248 e. The summed E-state index contributed by atoms with van der Waals surface area (Å²) in [7, 11) is 0. The molecule has 0 saturated heterocycles. The van der Waals surface area contributed by atoms with Crippen LogP contribution in [0.5, 0.6) is 0 Å². The summed E-state index contributed by atoms with van der Waals surface area (Å²) in [6, 6.07) is 18.8. The molecular formula is C23H18N4O2S. The van der Waals surface area contributed by atoms with E-state index in [1.807, 2.05) is 60.7 Å². The van der Waals surface area contributed by atoms with Gasteiger partial charge in [0.25, 0.3) is 0 Å². The molecule has 0 aliphatic carbocycles. The van der Waals surface area contributed by atoms with E-state index in [9.17, 15) is 9.59 Å². The molecule has 0 saturated carbocycles. The van der Waals surface area contributed by atoms with Gasteiger partial charge in [-0.2, -0.15) is 0 Å². The Morgan fingerprint density at radius 3 is 2.63 bits per heavy atom. The second-order valence-corrected chi connectivity index (χ2v) is 7.28. The van der Waals surface area contributed by atoms with Gasteiger partial charge in [0.15, 0.2) is 5.13 Å². The fourth-order valence-electron chi connectivity index (χ4n) is 3.00. The second-order valence-electron chi connectivity index (χ2n) is 6.45. The number of hydrogen-bond donors (Lipinski definition) is 1. The van der Waals surface area contributed by atoms with Gasteiger partial charge in [-0.3, -0.25) is 19.5 Å². The molecule has 6 nitrogen and oxygen atoms in total. The first-order valence-electron chi connectivity index (χ1n) is 9.26. The highest BCUT2D eigenvalue weighted by Crippen LogP contribution is 2.29. The van der Waals surface area contributed by atoms with Gasteiger partial charge in [-0.25, -0.2) is 4.98 Å². The number of nitrogens with one attached hydrogen (secondary N) is 1. The molecule has 2 aromatic carbocycles. The zero-order chi connectivity index (χ0) is 20.9. The van der Waals surface area contributed by atoms with Gasteiger partial charge in [-0.15, -0.1) is 11.3 Å². The normalized spacial score (nSPS) is 11.0. The van der Waals surface area contributed by atoms with E-state index in [1.54, 1.807) is 22.6 Å². The molecule has 0 spiro atoms. The van der Waals surface area contributed by atoms with Crippen LogP contribution in [0.2, 0.25) is 0 Å². The van der Waals surface area contributed by atoms with Crippen molar-refractivity contribution in [1.82, 2.24) is 9.97 Å². The minimum Gasteiger partial charge on any atom is -0.321 e. The molecule has 30 heavy (non-hydrogen) atoms. The van der Waals surface area contributed by atoms with Crippen LogP contribution < -0.4 is 10.2 Å². The smallest absolute Gasteiger partial charge is 0.248 e. The van der Waals surface area contributed by atoms with Gasteiger partial charge in [0.1, 0.15) is 0 Å². The van der Waals surface area contributed by atoms with Crippen LogP contribution in [0.25, 0.3) is 17.0 Å². The maximum absolute atomic E-state index is 12.4. The van der Waals surface area contributed by atoms with Crippen molar-refractivity contribution in [2.45, 2.75) is 6.92 Å². The Balaban J connectivity index is 1.50. The summed E-state index contributed by atoms with van der Waals surface area (Å²) < 4.78 is 0. The first-order chi connectivity index (χ1) is 14.6. The van der Waals surface area contributed by atoms with Crippen LogP contribution in [0.1, 0.15) is 12.6 Å². The lowest BCUT2D eigenvalue weighted by molar-refractivity contribution is -0.116. The molecule has 4 aromatic rings. The standard InChI is InChI=1S/C23H18N4O2S/c1-16(28)27(19-9-3-2-4-10-19)23-25-18(15-30-23)12-13-21(29)26-20-11-5-7-17-8-6-14-24-22(17)20/h2-15H,1H3,(H,26,29)/b13-12+. The number of thiazole rings is 1. The molecule has 2 aromatic heterocycles. The van der Waals surface area contributed by atoms with Crippen molar-refractivity contribution < 1.29 is 9.59 Å². The third kappa shape index (κ3) is 4.26. The molecule has 2 heterocycles. The molecule has 0 aliphatic rings. The highest BCUT2D eigenvalue weighted by atomic mass is 32.1. The van der Waals surface area contributed by atoms with E-state index in [1.165, 1.54) is 24.3 Å². The average molecular weight is 414 g/mol. The van der Waals surface area contributed by atoms with E-state index in [0.717, 1.165) is 16.6 Å². The topological polar surface area (TPSA) is 75.2 Å². The molecule has 0 aliphatic heterocycles. The zero-order valence-electron chi connectivity index (χ0n) is 16.1. The quantitative estimate of drug-likeness (QED) is 0.465. The third-order valence-electron chi connectivity index (χ3n) is 4.33. The van der Waals surface area contributed by atoms with Crippen molar-refractivity contribution in [1.29, 1.82) is 0 Å². The first-order valence-corrected chi connectivity index (χ1v) is 10.1. The van der Waals surface area contributed by atoms with Crippen molar-refractivity contribution in [2.24, 2.45) is 0 Å². The van der Waals surface area contributed by atoms with Gasteiger partial charge in [-0.1, -0.05) is 36.4 Å². The summed E-state index contributed by atoms with van der Waals surface area (Å²) in [5.41, 5.74) is 2.73. The SMILES string of the molecule is CC(=O)N(c1ccccc1)c1nc(/C=C/C(=O)Nc2cccc3cccnc23)cs1. The number of nitrogens with zero attached hydrogens (tertiary/aromatic N) is 3. The number of fused-ring (bicyclic) bond motifs is 1. The number of aromatic nitrogens is 2. The van der Waals surface area contributed by atoms with Crippen molar-refractivity contribution in [2.75, 3.05) is 10.2 Å². The summed E-state index contributed by atoms with van der Waals surface area (Å²) in [4.78, 5) is 34.9. The second kappa shape index (κ2) is 8.67. The van der Waals surface area contributed by atoms with Gasteiger partial charge in [0.2, 0.25) is 11.8 Å². The Hall–Kier alpha value is -3.84. The predicted molar refractivity (Wildman–Crippen MR) is 121 cm³/mol. The van der Waals surface area contributed by atoms with Crippen LogP contribution in [-0.4, -0.2) is 21.8 Å². The molecule has 148 valence electrons. The predicted octanol–water partition coefficient (Wildman–Crippen LogP) is 5.03. The molecule has 0 atom stereocenters. The zero-order valence-corrected chi connectivity index (χ0v) is 17.0. The number of benzene rings is 2. The van der Waals surface area contributed by atoms with Crippen LogP contribution in [0.15, 0.2) is 78.3 Å². The minimum atomic E-state index is -0.283. The van der Waals surface area contributed by atoms with E-state index in [4.69, 9.17) is 0 Å². The highest BCUT2D eigenvalue weighted by molar-refractivity contribution is 7.14. The molecule has 1 N–H and O–H groups in total. The number of para-hydroxylation sites is 2. The fourth-order valence-corrected chi connectivity index (χ4v) is 3.85. The molecule has 0 radical (unpaired) electrons.